The zero-order valence-electron chi connectivity index (χ0n) is 13.2. The average Bonchev–Trinajstić information content (AvgIpc) is 2.48. The molecule has 1 aromatic rings. The molecule has 1 fully saturated rings. The van der Waals surface area contributed by atoms with Gasteiger partial charge in [0.25, 0.3) is 0 Å². The monoisotopic (exact) mass is 324 g/mol. The van der Waals surface area contributed by atoms with Crippen LogP contribution >= 0.6 is 0 Å². The van der Waals surface area contributed by atoms with Crippen LogP contribution in [-0.4, -0.2) is 52.4 Å². The van der Waals surface area contributed by atoms with Gasteiger partial charge >= 0.3 is 0 Å². The number of nitrogens with zero attached hydrogens (tertiary/aromatic N) is 1. The van der Waals surface area contributed by atoms with Gasteiger partial charge in [0.2, 0.25) is 10.0 Å². The number of benzene rings is 1. The number of likely N-dealkylation sites (tertiary alicyclic amines) is 1. The maximum absolute atomic E-state index is 11.2. The first kappa shape index (κ1) is 17.0. The van der Waals surface area contributed by atoms with Crippen LogP contribution in [-0.2, 0) is 10.0 Å². The van der Waals surface area contributed by atoms with E-state index < -0.39 is 10.0 Å². The van der Waals surface area contributed by atoms with Gasteiger partial charge in [0, 0.05) is 12.6 Å². The van der Waals surface area contributed by atoms with Gasteiger partial charge in [-0.25, -0.2) is 13.1 Å². The van der Waals surface area contributed by atoms with Crippen molar-refractivity contribution in [2.45, 2.75) is 18.9 Å². The molecule has 0 aliphatic carbocycles. The number of nitrogens with one attached hydrogen (secondary N) is 1. The summed E-state index contributed by atoms with van der Waals surface area (Å²) in [6.45, 7) is 2.72. The van der Waals surface area contributed by atoms with Gasteiger partial charge in [-0.3, -0.25) is 4.90 Å². The molecule has 0 unspecified atom stereocenters. The van der Waals surface area contributed by atoms with E-state index >= 15 is 0 Å². The molecule has 1 N–H and O–H groups in total. The van der Waals surface area contributed by atoms with Crippen molar-refractivity contribution in [2.24, 2.45) is 0 Å². The smallest absolute Gasteiger partial charge is 0.208 e. The van der Waals surface area contributed by atoms with Crippen molar-refractivity contribution in [1.82, 2.24) is 9.62 Å². The largest absolute Gasteiger partial charge is 0.497 e. The summed E-state index contributed by atoms with van der Waals surface area (Å²) in [4.78, 5) is 2.33. The Kier molecular flexibility index (Phi) is 5.99. The highest BCUT2D eigenvalue weighted by Crippen LogP contribution is 2.13. The third-order valence-corrected chi connectivity index (χ3v) is 4.52. The molecule has 0 atom stereocenters. The lowest BCUT2D eigenvalue weighted by molar-refractivity contribution is 0.227. The molecule has 0 radical (unpaired) electrons. The van der Waals surface area contributed by atoms with E-state index in [4.69, 9.17) is 4.74 Å². The Morgan fingerprint density at radius 1 is 1.27 bits per heavy atom. The van der Waals surface area contributed by atoms with Gasteiger partial charge in [-0.2, -0.15) is 0 Å². The lowest BCUT2D eigenvalue weighted by atomic mass is 10.1. The van der Waals surface area contributed by atoms with Crippen molar-refractivity contribution in [1.29, 1.82) is 0 Å². The molecule has 6 heteroatoms. The first-order valence-corrected chi connectivity index (χ1v) is 9.35. The van der Waals surface area contributed by atoms with Crippen LogP contribution < -0.4 is 9.46 Å². The van der Waals surface area contributed by atoms with Gasteiger partial charge < -0.3 is 4.74 Å². The molecule has 0 aromatic heterocycles. The highest BCUT2D eigenvalue weighted by molar-refractivity contribution is 7.88. The minimum Gasteiger partial charge on any atom is -0.497 e. The highest BCUT2D eigenvalue weighted by atomic mass is 32.2. The van der Waals surface area contributed by atoms with Crippen LogP contribution in [0.2, 0.25) is 0 Å². The van der Waals surface area contributed by atoms with Gasteiger partial charge in [0.15, 0.2) is 0 Å². The molecule has 1 aliphatic heterocycles. The maximum atomic E-state index is 11.2. The minimum atomic E-state index is -3.09. The lowest BCUT2D eigenvalue weighted by Crippen LogP contribution is -2.44. The molecule has 0 saturated carbocycles. The number of piperidine rings is 1. The second-order valence-electron chi connectivity index (χ2n) is 5.64. The second-order valence-corrected chi connectivity index (χ2v) is 7.42. The minimum absolute atomic E-state index is 0.0804. The predicted molar refractivity (Wildman–Crippen MR) is 89.5 cm³/mol. The SMILES string of the molecule is COc1ccc(C=CCN2CCC(NS(C)(=O)=O)CC2)cc1. The fourth-order valence-corrected chi connectivity index (χ4v) is 3.43. The van der Waals surface area contributed by atoms with Crippen LogP contribution in [0, 0.1) is 0 Å². The van der Waals surface area contributed by atoms with E-state index in [9.17, 15) is 8.42 Å². The topological polar surface area (TPSA) is 58.6 Å². The van der Waals surface area contributed by atoms with E-state index in [0.29, 0.717) is 0 Å². The summed E-state index contributed by atoms with van der Waals surface area (Å²) >= 11 is 0. The van der Waals surface area contributed by atoms with Crippen molar-refractivity contribution in [3.63, 3.8) is 0 Å². The fourth-order valence-electron chi connectivity index (χ4n) is 2.59. The Morgan fingerprint density at radius 2 is 1.91 bits per heavy atom. The van der Waals surface area contributed by atoms with E-state index in [-0.39, 0.29) is 6.04 Å². The Hall–Kier alpha value is -1.37. The molecule has 0 bridgehead atoms. The molecule has 1 saturated heterocycles. The molecule has 22 heavy (non-hydrogen) atoms. The Labute approximate surface area is 133 Å². The van der Waals surface area contributed by atoms with Crippen LogP contribution in [0.4, 0.5) is 0 Å². The number of sulfonamides is 1. The number of hydrogen-bond acceptors (Lipinski definition) is 4. The van der Waals surface area contributed by atoms with Crippen LogP contribution in [0.1, 0.15) is 18.4 Å². The van der Waals surface area contributed by atoms with Crippen LogP contribution in [0.5, 0.6) is 5.75 Å². The summed E-state index contributed by atoms with van der Waals surface area (Å²) in [5, 5.41) is 0. The average molecular weight is 324 g/mol. The summed E-state index contributed by atoms with van der Waals surface area (Å²) in [6, 6.07) is 8.02. The molecule has 1 heterocycles. The zero-order valence-corrected chi connectivity index (χ0v) is 14.0. The van der Waals surface area contributed by atoms with Crippen LogP contribution in [0.25, 0.3) is 6.08 Å². The Bertz CT molecular complexity index is 588. The van der Waals surface area contributed by atoms with Gasteiger partial charge in [-0.1, -0.05) is 24.3 Å². The molecular formula is C16H24N2O3S. The Morgan fingerprint density at radius 3 is 2.45 bits per heavy atom. The van der Waals surface area contributed by atoms with Gasteiger partial charge in [0.05, 0.1) is 13.4 Å². The normalized spacial score (nSPS) is 17.9. The molecule has 2 rings (SSSR count). The van der Waals surface area contributed by atoms with E-state index in [1.54, 1.807) is 7.11 Å². The van der Waals surface area contributed by atoms with Crippen LogP contribution in [0.15, 0.2) is 30.3 Å². The molecule has 0 spiro atoms. The molecule has 1 aromatic carbocycles. The summed E-state index contributed by atoms with van der Waals surface area (Å²) in [6.07, 6.45) is 7.19. The summed E-state index contributed by atoms with van der Waals surface area (Å²) in [5.41, 5.74) is 1.15. The van der Waals surface area contributed by atoms with Crippen molar-refractivity contribution < 1.29 is 13.2 Å². The number of methoxy groups -OCH3 is 1. The number of rotatable bonds is 6. The van der Waals surface area contributed by atoms with Gasteiger partial charge in [0.1, 0.15) is 5.75 Å². The number of hydrogen-bond donors (Lipinski definition) is 1. The standard InChI is InChI=1S/C16H24N2O3S/c1-21-16-7-5-14(6-8-16)4-3-11-18-12-9-15(10-13-18)17-22(2,19)20/h3-8,15,17H,9-13H2,1-2H3. The summed E-state index contributed by atoms with van der Waals surface area (Å²) in [7, 11) is -1.43. The maximum Gasteiger partial charge on any atom is 0.208 e. The third-order valence-electron chi connectivity index (χ3n) is 3.76. The molecule has 5 nitrogen and oxygen atoms in total. The van der Waals surface area contributed by atoms with E-state index in [2.05, 4.69) is 21.8 Å². The van der Waals surface area contributed by atoms with Gasteiger partial charge in [-0.05, 0) is 43.6 Å². The highest BCUT2D eigenvalue weighted by Gasteiger charge is 2.20. The summed E-state index contributed by atoms with van der Waals surface area (Å²) in [5.74, 6) is 0.859. The van der Waals surface area contributed by atoms with E-state index in [0.717, 1.165) is 43.8 Å². The van der Waals surface area contributed by atoms with Crippen LogP contribution in [0.3, 0.4) is 0 Å². The molecule has 0 amide bonds. The number of ether oxygens (including phenoxy) is 1. The van der Waals surface area contributed by atoms with Crippen molar-refractivity contribution in [3.8, 4) is 5.75 Å². The quantitative estimate of drug-likeness (QED) is 0.866. The molecule has 122 valence electrons. The molecular weight excluding hydrogens is 300 g/mol. The first-order valence-electron chi connectivity index (χ1n) is 7.46. The van der Waals surface area contributed by atoms with E-state index in [1.807, 2.05) is 24.3 Å². The summed E-state index contributed by atoms with van der Waals surface area (Å²) < 4.78 is 30.2. The predicted octanol–water partition coefficient (Wildman–Crippen LogP) is 1.72. The molecule has 1 aliphatic rings. The zero-order chi connectivity index (χ0) is 16.0. The van der Waals surface area contributed by atoms with Crippen molar-refractivity contribution in [2.75, 3.05) is 33.0 Å². The second kappa shape index (κ2) is 7.76. The first-order chi connectivity index (χ1) is 10.5. The Balaban J connectivity index is 1.75. The lowest BCUT2D eigenvalue weighted by Gasteiger charge is -2.31. The third kappa shape index (κ3) is 5.79. The van der Waals surface area contributed by atoms with Crippen molar-refractivity contribution >= 4 is 16.1 Å². The van der Waals surface area contributed by atoms with E-state index in [1.165, 1.54) is 6.26 Å². The fraction of sp³-hybridized carbons (Fsp3) is 0.500. The van der Waals surface area contributed by atoms with Gasteiger partial charge in [-0.15, -0.1) is 0 Å². The van der Waals surface area contributed by atoms with Crippen molar-refractivity contribution in [3.05, 3.63) is 35.9 Å².